The Balaban J connectivity index is 2.15. The molecule has 80 valence electrons. The van der Waals surface area contributed by atoms with E-state index in [0.717, 1.165) is 44.3 Å². The summed E-state index contributed by atoms with van der Waals surface area (Å²) in [5.74, 6) is 0.851. The lowest BCUT2D eigenvalue weighted by atomic mass is 10.1. The molecule has 0 spiro atoms. The molecule has 14 heavy (non-hydrogen) atoms. The molecule has 0 amide bonds. The van der Waals surface area contributed by atoms with Crippen LogP contribution in [-0.4, -0.2) is 5.97 Å². The summed E-state index contributed by atoms with van der Waals surface area (Å²) in [4.78, 5) is 11.3. The molecule has 0 aromatic rings. The van der Waals surface area contributed by atoms with E-state index in [0.29, 0.717) is 6.42 Å². The van der Waals surface area contributed by atoms with Gasteiger partial charge in [0.25, 0.3) is 0 Å². The molecule has 0 fully saturated rings. The van der Waals surface area contributed by atoms with Crippen molar-refractivity contribution in [1.82, 2.24) is 0 Å². The molecule has 0 aliphatic heterocycles. The summed E-state index contributed by atoms with van der Waals surface area (Å²) in [5.41, 5.74) is 0. The average Bonchev–Trinajstić information content (AvgIpc) is 2.20. The maximum absolute atomic E-state index is 11.3. The van der Waals surface area contributed by atoms with Crippen LogP contribution < -0.4 is 0 Å². The lowest BCUT2D eigenvalue weighted by molar-refractivity contribution is -0.139. The first-order valence-electron chi connectivity index (χ1n) is 5.72. The second-order valence-corrected chi connectivity index (χ2v) is 3.85. The SMILES string of the molecule is CCCCCC(=O)OC1=CCCCC1. The standard InChI is InChI=1S/C12H20O2/c1-2-3-5-10-12(13)14-11-8-6-4-7-9-11/h8H,2-7,9-10H2,1H3. The Morgan fingerprint density at radius 3 is 2.93 bits per heavy atom. The van der Waals surface area contributed by atoms with Gasteiger partial charge in [-0.1, -0.05) is 19.8 Å². The van der Waals surface area contributed by atoms with E-state index in [-0.39, 0.29) is 5.97 Å². The van der Waals surface area contributed by atoms with E-state index >= 15 is 0 Å². The Kier molecular flexibility index (Phi) is 5.35. The predicted octanol–water partition coefficient (Wildman–Crippen LogP) is 3.57. The number of carbonyl (C=O) groups excluding carboxylic acids is 1. The van der Waals surface area contributed by atoms with Gasteiger partial charge in [-0.15, -0.1) is 0 Å². The highest BCUT2D eigenvalue weighted by Gasteiger charge is 2.09. The normalized spacial score (nSPS) is 16.2. The van der Waals surface area contributed by atoms with Crippen LogP contribution in [0.15, 0.2) is 11.8 Å². The van der Waals surface area contributed by atoms with E-state index in [9.17, 15) is 4.79 Å². The van der Waals surface area contributed by atoms with Crippen LogP contribution in [0.4, 0.5) is 0 Å². The monoisotopic (exact) mass is 196 g/mol. The Bertz CT molecular complexity index is 206. The fourth-order valence-corrected chi connectivity index (χ4v) is 1.62. The molecular formula is C12H20O2. The number of esters is 1. The molecule has 0 atom stereocenters. The Morgan fingerprint density at radius 2 is 2.29 bits per heavy atom. The van der Waals surface area contributed by atoms with Crippen LogP contribution in [0.2, 0.25) is 0 Å². The Labute approximate surface area is 86.3 Å². The van der Waals surface area contributed by atoms with Gasteiger partial charge in [0.2, 0.25) is 0 Å². The molecule has 0 bridgehead atoms. The first kappa shape index (κ1) is 11.3. The highest BCUT2D eigenvalue weighted by Crippen LogP contribution is 2.18. The maximum Gasteiger partial charge on any atom is 0.310 e. The summed E-state index contributed by atoms with van der Waals surface area (Å²) in [6.45, 7) is 2.13. The minimum atomic E-state index is -0.0494. The zero-order valence-corrected chi connectivity index (χ0v) is 9.05. The summed E-state index contributed by atoms with van der Waals surface area (Å²) < 4.78 is 5.26. The van der Waals surface area contributed by atoms with Crippen LogP contribution >= 0.6 is 0 Å². The predicted molar refractivity (Wildman–Crippen MR) is 56.8 cm³/mol. The topological polar surface area (TPSA) is 26.3 Å². The second kappa shape index (κ2) is 6.63. The highest BCUT2D eigenvalue weighted by molar-refractivity contribution is 5.70. The zero-order valence-electron chi connectivity index (χ0n) is 9.05. The lowest BCUT2D eigenvalue weighted by Gasteiger charge is -2.12. The van der Waals surface area contributed by atoms with Crippen LogP contribution in [0.5, 0.6) is 0 Å². The zero-order chi connectivity index (χ0) is 10.2. The third-order valence-corrected chi connectivity index (χ3v) is 2.48. The lowest BCUT2D eigenvalue weighted by Crippen LogP contribution is -2.06. The number of unbranched alkanes of at least 4 members (excludes halogenated alkanes) is 2. The molecule has 2 nitrogen and oxygen atoms in total. The summed E-state index contributed by atoms with van der Waals surface area (Å²) >= 11 is 0. The number of hydrogen-bond acceptors (Lipinski definition) is 2. The van der Waals surface area contributed by atoms with Crippen molar-refractivity contribution in [2.24, 2.45) is 0 Å². The van der Waals surface area contributed by atoms with Gasteiger partial charge in [0.1, 0.15) is 5.76 Å². The molecule has 1 rings (SSSR count). The Hall–Kier alpha value is -0.790. The van der Waals surface area contributed by atoms with Crippen LogP contribution in [0, 0.1) is 0 Å². The van der Waals surface area contributed by atoms with Gasteiger partial charge in [0, 0.05) is 12.8 Å². The fraction of sp³-hybridized carbons (Fsp3) is 0.750. The van der Waals surface area contributed by atoms with Crippen LogP contribution in [0.1, 0.15) is 58.3 Å². The van der Waals surface area contributed by atoms with E-state index in [1.807, 2.05) is 0 Å². The van der Waals surface area contributed by atoms with Crippen molar-refractivity contribution in [1.29, 1.82) is 0 Å². The van der Waals surface area contributed by atoms with Crippen LogP contribution in [0.3, 0.4) is 0 Å². The van der Waals surface area contributed by atoms with Gasteiger partial charge < -0.3 is 4.74 Å². The van der Waals surface area contributed by atoms with Crippen molar-refractivity contribution in [3.8, 4) is 0 Å². The van der Waals surface area contributed by atoms with E-state index in [4.69, 9.17) is 4.74 Å². The second-order valence-electron chi connectivity index (χ2n) is 3.85. The molecule has 0 saturated carbocycles. The fourth-order valence-electron chi connectivity index (χ4n) is 1.62. The van der Waals surface area contributed by atoms with Gasteiger partial charge in [-0.3, -0.25) is 4.79 Å². The molecular weight excluding hydrogens is 176 g/mol. The number of hydrogen-bond donors (Lipinski definition) is 0. The van der Waals surface area contributed by atoms with Crippen molar-refractivity contribution in [2.45, 2.75) is 58.3 Å². The molecule has 0 radical (unpaired) electrons. The largest absolute Gasteiger partial charge is 0.431 e. The van der Waals surface area contributed by atoms with Crippen molar-refractivity contribution in [3.05, 3.63) is 11.8 Å². The first-order chi connectivity index (χ1) is 6.83. The van der Waals surface area contributed by atoms with Crippen molar-refractivity contribution < 1.29 is 9.53 Å². The van der Waals surface area contributed by atoms with E-state index in [2.05, 4.69) is 13.0 Å². The minimum absolute atomic E-state index is 0.0494. The molecule has 0 saturated heterocycles. The van der Waals surface area contributed by atoms with Gasteiger partial charge in [0.15, 0.2) is 0 Å². The number of ether oxygens (including phenoxy) is 1. The van der Waals surface area contributed by atoms with E-state index in [1.165, 1.54) is 6.42 Å². The Morgan fingerprint density at radius 1 is 1.43 bits per heavy atom. The quantitative estimate of drug-likeness (QED) is 0.496. The number of rotatable bonds is 5. The van der Waals surface area contributed by atoms with Crippen LogP contribution in [0.25, 0.3) is 0 Å². The summed E-state index contributed by atoms with van der Waals surface area (Å²) in [5, 5.41) is 0. The van der Waals surface area contributed by atoms with Crippen LogP contribution in [-0.2, 0) is 9.53 Å². The third-order valence-electron chi connectivity index (χ3n) is 2.48. The molecule has 0 aromatic carbocycles. The minimum Gasteiger partial charge on any atom is -0.431 e. The average molecular weight is 196 g/mol. The summed E-state index contributed by atoms with van der Waals surface area (Å²) in [6, 6.07) is 0. The first-order valence-corrected chi connectivity index (χ1v) is 5.72. The molecule has 1 aliphatic carbocycles. The number of allylic oxidation sites excluding steroid dienone is 2. The summed E-state index contributed by atoms with van der Waals surface area (Å²) in [7, 11) is 0. The van der Waals surface area contributed by atoms with Gasteiger partial charge >= 0.3 is 5.97 Å². The van der Waals surface area contributed by atoms with Gasteiger partial charge in [-0.25, -0.2) is 0 Å². The molecule has 2 heteroatoms. The van der Waals surface area contributed by atoms with Gasteiger partial charge in [-0.2, -0.15) is 0 Å². The maximum atomic E-state index is 11.3. The van der Waals surface area contributed by atoms with E-state index < -0.39 is 0 Å². The molecule has 0 N–H and O–H groups in total. The van der Waals surface area contributed by atoms with Crippen molar-refractivity contribution >= 4 is 5.97 Å². The molecule has 0 aromatic heterocycles. The highest BCUT2D eigenvalue weighted by atomic mass is 16.5. The van der Waals surface area contributed by atoms with Crippen molar-refractivity contribution in [2.75, 3.05) is 0 Å². The van der Waals surface area contributed by atoms with Gasteiger partial charge in [-0.05, 0) is 31.8 Å². The molecule has 0 unspecified atom stereocenters. The smallest absolute Gasteiger partial charge is 0.310 e. The number of carbonyl (C=O) groups is 1. The van der Waals surface area contributed by atoms with Gasteiger partial charge in [0.05, 0.1) is 0 Å². The van der Waals surface area contributed by atoms with E-state index in [1.54, 1.807) is 0 Å². The summed E-state index contributed by atoms with van der Waals surface area (Å²) in [6.07, 6.45) is 10.3. The third kappa shape index (κ3) is 4.45. The van der Waals surface area contributed by atoms with Crippen molar-refractivity contribution in [3.63, 3.8) is 0 Å². The molecule has 1 aliphatic rings. The molecule has 0 heterocycles.